The van der Waals surface area contributed by atoms with E-state index < -0.39 is 0 Å². The number of likely N-dealkylation sites (N-methyl/N-ethyl adjacent to an activating group) is 1. The topological polar surface area (TPSA) is 23.6 Å². The molecule has 0 saturated carbocycles. The molecule has 1 atom stereocenters. The predicted molar refractivity (Wildman–Crippen MR) is 78.9 cm³/mol. The maximum absolute atomic E-state index is 12.2. The second-order valence-corrected chi connectivity index (χ2v) is 5.92. The van der Waals surface area contributed by atoms with E-state index >= 15 is 0 Å². The highest BCUT2D eigenvalue weighted by Crippen LogP contribution is 2.17. The number of rotatable bonds is 5. The number of carbonyl (C=O) groups excluding carboxylic acids is 1. The smallest absolute Gasteiger partial charge is 0.178 e. The summed E-state index contributed by atoms with van der Waals surface area (Å²) in [6.45, 7) is 3.70. The first-order valence-corrected chi connectivity index (χ1v) is 7.09. The van der Waals surface area contributed by atoms with Crippen LogP contribution < -0.4 is 0 Å². The molecule has 0 radical (unpaired) electrons. The van der Waals surface area contributed by atoms with Gasteiger partial charge in [-0.25, -0.2) is 0 Å². The highest BCUT2D eigenvalue weighted by molar-refractivity contribution is 6.34. The highest BCUT2D eigenvalue weighted by Gasteiger charge is 2.21. The predicted octanol–water partition coefficient (Wildman–Crippen LogP) is 2.41. The monoisotopic (exact) mass is 280 g/mol. The lowest BCUT2D eigenvalue weighted by Crippen LogP contribution is -2.32. The molecule has 1 fully saturated rings. The highest BCUT2D eigenvalue weighted by atomic mass is 35.5. The van der Waals surface area contributed by atoms with Crippen molar-refractivity contribution >= 4 is 17.4 Å². The molecule has 0 aliphatic carbocycles. The average molecular weight is 281 g/mol. The molecule has 0 aromatic heterocycles. The van der Waals surface area contributed by atoms with Gasteiger partial charge in [0.05, 0.1) is 11.6 Å². The largest absolute Gasteiger partial charge is 0.306 e. The summed E-state index contributed by atoms with van der Waals surface area (Å²) in [5, 5.41) is 0.543. The molecule has 0 spiro atoms. The second kappa shape index (κ2) is 6.51. The Bertz CT molecular complexity index is 450. The summed E-state index contributed by atoms with van der Waals surface area (Å²) in [6.07, 6.45) is 1.22. The van der Waals surface area contributed by atoms with Gasteiger partial charge in [0.1, 0.15) is 0 Å². The third-order valence-electron chi connectivity index (χ3n) is 3.65. The third-order valence-corrected chi connectivity index (χ3v) is 3.98. The standard InChI is InChI=1S/C15H21ClN2O/c1-17-8-7-12(9-17)10-18(2)11-15(19)13-5-3-4-6-14(13)16/h3-6,12H,7-11H2,1-2H3. The molecule has 1 saturated heterocycles. The normalized spacial score (nSPS) is 20.1. The van der Waals surface area contributed by atoms with Gasteiger partial charge in [0.25, 0.3) is 0 Å². The molecule has 0 amide bonds. The molecule has 1 heterocycles. The van der Waals surface area contributed by atoms with Crippen LogP contribution in [0.5, 0.6) is 0 Å². The Balaban J connectivity index is 1.87. The van der Waals surface area contributed by atoms with Gasteiger partial charge in [0.15, 0.2) is 5.78 Å². The fourth-order valence-electron chi connectivity index (χ4n) is 2.70. The van der Waals surface area contributed by atoms with E-state index in [1.165, 1.54) is 6.42 Å². The van der Waals surface area contributed by atoms with Crippen LogP contribution in [-0.2, 0) is 0 Å². The first-order valence-electron chi connectivity index (χ1n) is 6.71. The van der Waals surface area contributed by atoms with Gasteiger partial charge in [0, 0.05) is 18.7 Å². The van der Waals surface area contributed by atoms with Crippen molar-refractivity contribution in [2.24, 2.45) is 5.92 Å². The molecule has 104 valence electrons. The van der Waals surface area contributed by atoms with Crippen molar-refractivity contribution in [2.75, 3.05) is 40.3 Å². The Kier molecular flexibility index (Phi) is 4.97. The van der Waals surface area contributed by atoms with Crippen LogP contribution in [0, 0.1) is 5.92 Å². The molecule has 4 heteroatoms. The maximum Gasteiger partial charge on any atom is 0.178 e. The van der Waals surface area contributed by atoms with Gasteiger partial charge in [-0.05, 0) is 45.1 Å². The van der Waals surface area contributed by atoms with Gasteiger partial charge < -0.3 is 4.90 Å². The minimum atomic E-state index is 0.0967. The fraction of sp³-hybridized carbons (Fsp3) is 0.533. The van der Waals surface area contributed by atoms with E-state index in [2.05, 4.69) is 16.8 Å². The summed E-state index contributed by atoms with van der Waals surface area (Å²) in [5.74, 6) is 0.772. The molecule has 0 bridgehead atoms. The number of hydrogen-bond donors (Lipinski definition) is 0. The molecule has 19 heavy (non-hydrogen) atoms. The van der Waals surface area contributed by atoms with E-state index in [1.54, 1.807) is 12.1 Å². The molecule has 1 unspecified atom stereocenters. The molecule has 1 aliphatic rings. The quantitative estimate of drug-likeness (QED) is 0.774. The lowest BCUT2D eigenvalue weighted by molar-refractivity contribution is 0.0938. The second-order valence-electron chi connectivity index (χ2n) is 5.52. The van der Waals surface area contributed by atoms with E-state index in [0.29, 0.717) is 23.0 Å². The summed E-state index contributed by atoms with van der Waals surface area (Å²) in [7, 11) is 4.15. The zero-order chi connectivity index (χ0) is 13.8. The van der Waals surface area contributed by atoms with E-state index in [-0.39, 0.29) is 5.78 Å². The zero-order valence-corrected chi connectivity index (χ0v) is 12.4. The number of halogens is 1. The Hall–Kier alpha value is -0.900. The van der Waals surface area contributed by atoms with E-state index in [1.807, 2.05) is 19.2 Å². The molecule has 1 aromatic carbocycles. The number of hydrogen-bond acceptors (Lipinski definition) is 3. The molecule has 0 N–H and O–H groups in total. The molecule has 1 aromatic rings. The summed E-state index contributed by atoms with van der Waals surface area (Å²) >= 11 is 6.05. The third kappa shape index (κ3) is 4.03. The van der Waals surface area contributed by atoms with Crippen LogP contribution in [0.1, 0.15) is 16.8 Å². The van der Waals surface area contributed by atoms with Gasteiger partial charge in [-0.15, -0.1) is 0 Å². The molecule has 3 nitrogen and oxygen atoms in total. The van der Waals surface area contributed by atoms with Crippen LogP contribution in [0.4, 0.5) is 0 Å². The Morgan fingerprint density at radius 3 is 2.84 bits per heavy atom. The molecule has 2 rings (SSSR count). The van der Waals surface area contributed by atoms with Crippen LogP contribution in [0.2, 0.25) is 5.02 Å². The maximum atomic E-state index is 12.2. The summed E-state index contributed by atoms with van der Waals surface area (Å²) in [6, 6.07) is 7.25. The lowest BCUT2D eigenvalue weighted by atomic mass is 10.1. The van der Waals surface area contributed by atoms with Crippen LogP contribution in [0.3, 0.4) is 0 Å². The van der Waals surface area contributed by atoms with Crippen LogP contribution in [0.25, 0.3) is 0 Å². The van der Waals surface area contributed by atoms with Crippen molar-refractivity contribution in [3.8, 4) is 0 Å². The van der Waals surface area contributed by atoms with Gasteiger partial charge in [-0.1, -0.05) is 23.7 Å². The molecular weight excluding hydrogens is 260 g/mol. The van der Waals surface area contributed by atoms with E-state index in [9.17, 15) is 4.79 Å². The number of ketones is 1. The summed E-state index contributed by atoms with van der Waals surface area (Å²) in [5.41, 5.74) is 0.625. The van der Waals surface area contributed by atoms with Crippen LogP contribution in [-0.4, -0.2) is 55.9 Å². The molecule has 1 aliphatic heterocycles. The van der Waals surface area contributed by atoms with Crippen molar-refractivity contribution in [3.63, 3.8) is 0 Å². The Labute approximate surface area is 120 Å². The first-order chi connectivity index (χ1) is 9.06. The average Bonchev–Trinajstić information content (AvgIpc) is 2.74. The van der Waals surface area contributed by atoms with Gasteiger partial charge in [0.2, 0.25) is 0 Å². The Morgan fingerprint density at radius 1 is 1.47 bits per heavy atom. The number of Topliss-reactive ketones (excluding diaryl/α,β-unsaturated/α-hetero) is 1. The van der Waals surface area contributed by atoms with Crippen molar-refractivity contribution < 1.29 is 4.79 Å². The first kappa shape index (κ1) is 14.5. The number of nitrogens with zero attached hydrogens (tertiary/aromatic N) is 2. The van der Waals surface area contributed by atoms with E-state index in [4.69, 9.17) is 11.6 Å². The van der Waals surface area contributed by atoms with Crippen molar-refractivity contribution in [3.05, 3.63) is 34.9 Å². The number of likely N-dealkylation sites (tertiary alicyclic amines) is 1. The number of benzene rings is 1. The van der Waals surface area contributed by atoms with Crippen molar-refractivity contribution in [1.29, 1.82) is 0 Å². The fourth-order valence-corrected chi connectivity index (χ4v) is 2.94. The van der Waals surface area contributed by atoms with Crippen molar-refractivity contribution in [2.45, 2.75) is 6.42 Å². The summed E-state index contributed by atoms with van der Waals surface area (Å²) < 4.78 is 0. The Morgan fingerprint density at radius 2 is 2.21 bits per heavy atom. The van der Waals surface area contributed by atoms with Crippen LogP contribution >= 0.6 is 11.6 Å². The van der Waals surface area contributed by atoms with Gasteiger partial charge in [-0.3, -0.25) is 9.69 Å². The van der Waals surface area contributed by atoms with E-state index in [0.717, 1.165) is 19.6 Å². The minimum absolute atomic E-state index is 0.0967. The van der Waals surface area contributed by atoms with Gasteiger partial charge in [-0.2, -0.15) is 0 Å². The minimum Gasteiger partial charge on any atom is -0.306 e. The van der Waals surface area contributed by atoms with Crippen molar-refractivity contribution in [1.82, 2.24) is 9.80 Å². The number of carbonyl (C=O) groups is 1. The summed E-state index contributed by atoms with van der Waals surface area (Å²) in [4.78, 5) is 16.6. The SMILES string of the molecule is CN1CCC(CN(C)CC(=O)c2ccccc2Cl)C1. The lowest BCUT2D eigenvalue weighted by Gasteiger charge is -2.20. The van der Waals surface area contributed by atoms with Crippen LogP contribution in [0.15, 0.2) is 24.3 Å². The zero-order valence-electron chi connectivity index (χ0n) is 11.6. The molecular formula is C15H21ClN2O. The van der Waals surface area contributed by atoms with Gasteiger partial charge >= 0.3 is 0 Å².